The molecule has 0 aliphatic heterocycles. The number of aliphatic hydroxyl groups excluding tert-OH is 1. The third-order valence-corrected chi connectivity index (χ3v) is 4.25. The van der Waals surface area contributed by atoms with Gasteiger partial charge in [0.05, 0.1) is 29.9 Å². The predicted octanol–water partition coefficient (Wildman–Crippen LogP) is 1.24. The highest BCUT2D eigenvalue weighted by Gasteiger charge is 2.14. The van der Waals surface area contributed by atoms with Crippen molar-refractivity contribution < 1.29 is 13.5 Å². The van der Waals surface area contributed by atoms with Crippen LogP contribution in [0.5, 0.6) is 0 Å². The van der Waals surface area contributed by atoms with Crippen LogP contribution in [0, 0.1) is 0 Å². The number of sulfonamides is 1. The largest absolute Gasteiger partial charge is 0.394 e. The molecule has 1 heterocycles. The summed E-state index contributed by atoms with van der Waals surface area (Å²) in [7, 11) is -3.61. The van der Waals surface area contributed by atoms with E-state index in [1.165, 1.54) is 17.1 Å². The number of hydrogen-bond donors (Lipinski definition) is 2. The van der Waals surface area contributed by atoms with Gasteiger partial charge in [0.25, 0.3) is 10.0 Å². The average Bonchev–Trinajstić information content (AvgIpc) is 2.86. The van der Waals surface area contributed by atoms with E-state index in [0.29, 0.717) is 12.2 Å². The van der Waals surface area contributed by atoms with Crippen molar-refractivity contribution in [1.29, 1.82) is 0 Å². The zero-order valence-corrected chi connectivity index (χ0v) is 12.0. The second-order valence-electron chi connectivity index (χ2n) is 4.32. The van der Waals surface area contributed by atoms with Gasteiger partial charge in [0.2, 0.25) is 0 Å². The van der Waals surface area contributed by atoms with E-state index in [2.05, 4.69) is 9.82 Å². The predicted molar refractivity (Wildman–Crippen MR) is 75.9 cm³/mol. The zero-order chi connectivity index (χ0) is 14.6. The Labute approximate surface area is 118 Å². The van der Waals surface area contributed by atoms with Crippen molar-refractivity contribution in [3.05, 3.63) is 42.2 Å². The molecule has 0 aliphatic carbocycles. The molecular weight excluding hydrogens is 278 g/mol. The minimum Gasteiger partial charge on any atom is -0.394 e. The number of anilines is 1. The molecule has 0 spiro atoms. The Balaban J connectivity index is 2.16. The van der Waals surface area contributed by atoms with Crippen LogP contribution in [0.2, 0.25) is 0 Å². The lowest BCUT2D eigenvalue weighted by Crippen LogP contribution is -2.12. The van der Waals surface area contributed by atoms with Gasteiger partial charge in [-0.1, -0.05) is 19.1 Å². The van der Waals surface area contributed by atoms with Crippen LogP contribution in [0.4, 0.5) is 5.69 Å². The number of benzene rings is 1. The topological polar surface area (TPSA) is 84.2 Å². The summed E-state index contributed by atoms with van der Waals surface area (Å²) in [5, 5.41) is 12.7. The molecule has 7 heteroatoms. The highest BCUT2D eigenvalue weighted by molar-refractivity contribution is 7.92. The van der Waals surface area contributed by atoms with Gasteiger partial charge in [0.15, 0.2) is 0 Å². The summed E-state index contributed by atoms with van der Waals surface area (Å²) in [5.74, 6) is 0. The normalized spacial score (nSPS) is 11.5. The maximum atomic E-state index is 12.2. The number of hydrogen-bond acceptors (Lipinski definition) is 4. The molecule has 0 atom stereocenters. The lowest BCUT2D eigenvalue weighted by molar-refractivity contribution is 0.269. The molecule has 2 aromatic rings. The second kappa shape index (κ2) is 6.06. The van der Waals surface area contributed by atoms with E-state index >= 15 is 0 Å². The minimum absolute atomic E-state index is 0.0493. The van der Waals surface area contributed by atoms with E-state index in [1.807, 2.05) is 6.92 Å². The molecule has 0 saturated carbocycles. The van der Waals surface area contributed by atoms with Crippen LogP contribution in [0.25, 0.3) is 0 Å². The molecule has 1 aromatic heterocycles. The summed E-state index contributed by atoms with van der Waals surface area (Å²) in [4.78, 5) is 0.213. The monoisotopic (exact) mass is 295 g/mol. The van der Waals surface area contributed by atoms with E-state index in [9.17, 15) is 8.42 Å². The summed E-state index contributed by atoms with van der Waals surface area (Å²) in [6, 6.07) is 6.76. The Bertz CT molecular complexity index is 662. The fourth-order valence-corrected chi connectivity index (χ4v) is 2.79. The summed E-state index contributed by atoms with van der Waals surface area (Å²) < 4.78 is 28.3. The number of rotatable bonds is 6. The van der Waals surface area contributed by atoms with E-state index in [4.69, 9.17) is 5.11 Å². The lowest BCUT2D eigenvalue weighted by Gasteiger charge is -2.06. The fourth-order valence-electron chi connectivity index (χ4n) is 1.76. The Morgan fingerprint density at radius 1 is 1.30 bits per heavy atom. The Kier molecular flexibility index (Phi) is 4.41. The molecule has 0 bridgehead atoms. The maximum Gasteiger partial charge on any atom is 0.261 e. The van der Waals surface area contributed by atoms with Gasteiger partial charge < -0.3 is 5.11 Å². The van der Waals surface area contributed by atoms with Crippen molar-refractivity contribution in [2.45, 2.75) is 24.8 Å². The van der Waals surface area contributed by atoms with Gasteiger partial charge in [-0.2, -0.15) is 5.10 Å². The van der Waals surface area contributed by atoms with Gasteiger partial charge >= 0.3 is 0 Å². The van der Waals surface area contributed by atoms with Crippen LogP contribution in [-0.2, 0) is 23.0 Å². The summed E-state index contributed by atoms with van der Waals surface area (Å²) in [6.07, 6.45) is 3.81. The summed E-state index contributed by atoms with van der Waals surface area (Å²) in [6.45, 7) is 2.29. The van der Waals surface area contributed by atoms with Crippen LogP contribution in [0.15, 0.2) is 41.6 Å². The van der Waals surface area contributed by atoms with Crippen molar-refractivity contribution in [2.24, 2.45) is 0 Å². The Hall–Kier alpha value is -1.86. The lowest BCUT2D eigenvalue weighted by atomic mass is 10.2. The number of nitrogens with one attached hydrogen (secondary N) is 1. The molecule has 0 radical (unpaired) electrons. The van der Waals surface area contributed by atoms with E-state index in [1.54, 1.807) is 24.3 Å². The molecule has 108 valence electrons. The Morgan fingerprint density at radius 3 is 2.60 bits per heavy atom. The minimum atomic E-state index is -3.61. The van der Waals surface area contributed by atoms with Crippen molar-refractivity contribution in [3.8, 4) is 0 Å². The van der Waals surface area contributed by atoms with Crippen LogP contribution in [0.3, 0.4) is 0 Å². The Morgan fingerprint density at radius 2 is 2.00 bits per heavy atom. The van der Waals surface area contributed by atoms with Gasteiger partial charge in [0, 0.05) is 6.20 Å². The quantitative estimate of drug-likeness (QED) is 0.839. The van der Waals surface area contributed by atoms with Crippen molar-refractivity contribution in [1.82, 2.24) is 9.78 Å². The van der Waals surface area contributed by atoms with Gasteiger partial charge in [-0.3, -0.25) is 9.40 Å². The molecule has 0 amide bonds. The first-order valence-electron chi connectivity index (χ1n) is 6.30. The second-order valence-corrected chi connectivity index (χ2v) is 6.00. The summed E-state index contributed by atoms with van der Waals surface area (Å²) in [5.41, 5.74) is 1.46. The van der Waals surface area contributed by atoms with Gasteiger partial charge in [-0.05, 0) is 24.1 Å². The first-order valence-corrected chi connectivity index (χ1v) is 7.78. The number of nitrogens with zero attached hydrogens (tertiary/aromatic N) is 2. The molecule has 2 rings (SSSR count). The van der Waals surface area contributed by atoms with E-state index in [-0.39, 0.29) is 11.5 Å². The molecule has 0 saturated heterocycles. The van der Waals surface area contributed by atoms with Crippen molar-refractivity contribution in [3.63, 3.8) is 0 Å². The first kappa shape index (κ1) is 14.5. The molecule has 0 fully saturated rings. The van der Waals surface area contributed by atoms with E-state index in [0.717, 1.165) is 12.0 Å². The number of aryl methyl sites for hydroxylation is 1. The average molecular weight is 295 g/mol. The van der Waals surface area contributed by atoms with E-state index < -0.39 is 10.0 Å². The standard InChI is InChI=1S/C13H17N3O3S/c1-2-11-3-5-13(6-4-11)20(18,19)15-12-9-14-16(10-12)7-8-17/h3-6,9-10,15,17H,2,7-8H2,1H3. The summed E-state index contributed by atoms with van der Waals surface area (Å²) >= 11 is 0. The van der Waals surface area contributed by atoms with Crippen LogP contribution in [0.1, 0.15) is 12.5 Å². The highest BCUT2D eigenvalue weighted by Crippen LogP contribution is 2.16. The zero-order valence-electron chi connectivity index (χ0n) is 11.2. The van der Waals surface area contributed by atoms with Crippen LogP contribution < -0.4 is 4.72 Å². The fraction of sp³-hybridized carbons (Fsp3) is 0.308. The third kappa shape index (κ3) is 3.37. The molecule has 0 unspecified atom stereocenters. The number of aromatic nitrogens is 2. The molecule has 2 N–H and O–H groups in total. The first-order chi connectivity index (χ1) is 9.55. The van der Waals surface area contributed by atoms with Crippen LogP contribution in [-0.4, -0.2) is 29.9 Å². The molecule has 0 aliphatic rings. The van der Waals surface area contributed by atoms with Crippen molar-refractivity contribution >= 4 is 15.7 Å². The van der Waals surface area contributed by atoms with Gasteiger partial charge in [-0.15, -0.1) is 0 Å². The SMILES string of the molecule is CCc1ccc(S(=O)(=O)Nc2cnn(CCO)c2)cc1. The highest BCUT2D eigenvalue weighted by atomic mass is 32.2. The molecule has 20 heavy (non-hydrogen) atoms. The van der Waals surface area contributed by atoms with Crippen molar-refractivity contribution in [2.75, 3.05) is 11.3 Å². The molecule has 1 aromatic carbocycles. The molecular formula is C13H17N3O3S. The number of aliphatic hydroxyl groups is 1. The molecule has 6 nitrogen and oxygen atoms in total. The smallest absolute Gasteiger partial charge is 0.261 e. The van der Waals surface area contributed by atoms with Gasteiger partial charge in [0.1, 0.15) is 0 Å². The van der Waals surface area contributed by atoms with Gasteiger partial charge in [-0.25, -0.2) is 8.42 Å². The maximum absolute atomic E-state index is 12.2. The third-order valence-electron chi connectivity index (χ3n) is 2.86. The van der Waals surface area contributed by atoms with Crippen LogP contribution >= 0.6 is 0 Å².